The van der Waals surface area contributed by atoms with Gasteiger partial charge in [0.1, 0.15) is 5.82 Å². The van der Waals surface area contributed by atoms with Crippen LogP contribution in [0.3, 0.4) is 0 Å². The molecule has 3 nitrogen and oxygen atoms in total. The molecule has 72 valence electrons. The topological polar surface area (TPSA) is 30.7 Å². The normalized spacial score (nSPS) is 10.5. The molecule has 0 bridgehead atoms. The van der Waals surface area contributed by atoms with Crippen molar-refractivity contribution in [2.75, 3.05) is 0 Å². The number of hydrogen-bond donors (Lipinski definition) is 0. The van der Waals surface area contributed by atoms with Crippen molar-refractivity contribution < 1.29 is 4.39 Å². The van der Waals surface area contributed by atoms with Gasteiger partial charge in [0.15, 0.2) is 0 Å². The summed E-state index contributed by atoms with van der Waals surface area (Å²) in [5.41, 5.74) is 1.53. The molecular weight excluding hydrogens is 249 g/mol. The first-order chi connectivity index (χ1) is 6.68. The monoisotopic (exact) mass is 255 g/mol. The molecule has 1 aromatic heterocycles. The summed E-state index contributed by atoms with van der Waals surface area (Å²) in [6, 6.07) is 4.83. The van der Waals surface area contributed by atoms with Gasteiger partial charge in [-0.15, -0.1) is 5.10 Å². The van der Waals surface area contributed by atoms with Crippen molar-refractivity contribution in [2.45, 2.75) is 6.92 Å². The van der Waals surface area contributed by atoms with Crippen molar-refractivity contribution in [1.82, 2.24) is 15.0 Å². The van der Waals surface area contributed by atoms with Crippen LogP contribution in [0.25, 0.3) is 5.69 Å². The number of benzene rings is 1. The Labute approximate surface area is 88.7 Å². The molecule has 0 N–H and O–H groups in total. The van der Waals surface area contributed by atoms with Gasteiger partial charge in [-0.3, -0.25) is 0 Å². The second kappa shape index (κ2) is 3.49. The van der Waals surface area contributed by atoms with Gasteiger partial charge >= 0.3 is 0 Å². The Morgan fingerprint density at radius 2 is 2.21 bits per heavy atom. The van der Waals surface area contributed by atoms with Crippen LogP contribution in [0.1, 0.15) is 5.69 Å². The second-order valence-electron chi connectivity index (χ2n) is 2.89. The minimum atomic E-state index is -0.308. The molecular formula is C9H7BrFN3. The second-order valence-corrected chi connectivity index (χ2v) is 3.74. The van der Waals surface area contributed by atoms with E-state index in [4.69, 9.17) is 0 Å². The molecule has 2 aromatic rings. The van der Waals surface area contributed by atoms with E-state index in [1.54, 1.807) is 23.0 Å². The Bertz CT molecular complexity index is 467. The zero-order valence-corrected chi connectivity index (χ0v) is 8.99. The highest BCUT2D eigenvalue weighted by atomic mass is 79.9. The lowest BCUT2D eigenvalue weighted by Gasteiger charge is -2.03. The first kappa shape index (κ1) is 9.33. The maximum Gasteiger partial charge on any atom is 0.139 e. The number of hydrogen-bond acceptors (Lipinski definition) is 2. The Kier molecular flexibility index (Phi) is 2.33. The van der Waals surface area contributed by atoms with Crippen molar-refractivity contribution in [3.63, 3.8) is 0 Å². The van der Waals surface area contributed by atoms with E-state index in [1.807, 2.05) is 6.92 Å². The van der Waals surface area contributed by atoms with Gasteiger partial charge in [-0.2, -0.15) is 0 Å². The number of halogens is 2. The van der Waals surface area contributed by atoms with Gasteiger partial charge in [0, 0.05) is 6.07 Å². The molecule has 0 saturated heterocycles. The minimum Gasteiger partial charge on any atom is -0.218 e. The maximum atomic E-state index is 13.2. The smallest absolute Gasteiger partial charge is 0.139 e. The molecule has 1 aromatic carbocycles. The lowest BCUT2D eigenvalue weighted by atomic mass is 10.3. The molecule has 0 aliphatic carbocycles. The summed E-state index contributed by atoms with van der Waals surface area (Å²) in [5.74, 6) is -0.308. The first-order valence-corrected chi connectivity index (χ1v) is 4.80. The fourth-order valence-electron chi connectivity index (χ4n) is 1.16. The fraction of sp³-hybridized carbons (Fsp3) is 0.111. The third-order valence-corrected chi connectivity index (χ3v) is 2.51. The van der Waals surface area contributed by atoms with Crippen LogP contribution in [0.15, 0.2) is 28.9 Å². The van der Waals surface area contributed by atoms with Crippen LogP contribution in [0.2, 0.25) is 0 Å². The summed E-state index contributed by atoms with van der Waals surface area (Å²) in [5, 5.41) is 7.57. The van der Waals surface area contributed by atoms with Gasteiger partial charge in [-0.25, -0.2) is 9.07 Å². The van der Waals surface area contributed by atoms with Gasteiger partial charge in [-0.05, 0) is 35.0 Å². The Balaban J connectivity index is 2.53. The van der Waals surface area contributed by atoms with Gasteiger partial charge in [0.05, 0.1) is 22.1 Å². The van der Waals surface area contributed by atoms with E-state index < -0.39 is 0 Å². The highest BCUT2D eigenvalue weighted by Crippen LogP contribution is 2.18. The summed E-state index contributed by atoms with van der Waals surface area (Å²) < 4.78 is 15.2. The fourth-order valence-corrected chi connectivity index (χ4v) is 1.40. The van der Waals surface area contributed by atoms with Crippen LogP contribution in [0.5, 0.6) is 0 Å². The molecule has 0 unspecified atom stereocenters. The lowest BCUT2D eigenvalue weighted by molar-refractivity contribution is 0.617. The van der Waals surface area contributed by atoms with E-state index in [0.717, 1.165) is 5.69 Å². The molecule has 0 saturated carbocycles. The highest BCUT2D eigenvalue weighted by Gasteiger charge is 2.05. The average molecular weight is 256 g/mol. The molecule has 1 heterocycles. The molecule has 14 heavy (non-hydrogen) atoms. The van der Waals surface area contributed by atoms with Crippen molar-refractivity contribution in [1.29, 1.82) is 0 Å². The summed E-state index contributed by atoms with van der Waals surface area (Å²) in [4.78, 5) is 0. The molecule has 0 aliphatic heterocycles. The Hall–Kier alpha value is -1.23. The first-order valence-electron chi connectivity index (χ1n) is 4.01. The van der Waals surface area contributed by atoms with E-state index in [9.17, 15) is 4.39 Å². The van der Waals surface area contributed by atoms with Crippen LogP contribution >= 0.6 is 15.9 Å². The van der Waals surface area contributed by atoms with Crippen molar-refractivity contribution >= 4 is 15.9 Å². The largest absolute Gasteiger partial charge is 0.218 e. The van der Waals surface area contributed by atoms with Crippen molar-refractivity contribution in [3.05, 3.63) is 40.4 Å². The minimum absolute atomic E-state index is 0.308. The SMILES string of the molecule is Cc1cnnn1-c1ccc(Br)c(F)c1. The van der Waals surface area contributed by atoms with Crippen LogP contribution in [-0.2, 0) is 0 Å². The molecule has 0 radical (unpaired) electrons. The molecule has 0 spiro atoms. The summed E-state index contributed by atoms with van der Waals surface area (Å²) >= 11 is 3.09. The standard InChI is InChI=1S/C9H7BrFN3/c1-6-5-12-13-14(6)7-2-3-8(10)9(11)4-7/h2-5H,1H3. The highest BCUT2D eigenvalue weighted by molar-refractivity contribution is 9.10. The third-order valence-electron chi connectivity index (χ3n) is 1.87. The van der Waals surface area contributed by atoms with Gasteiger partial charge in [0.25, 0.3) is 0 Å². The van der Waals surface area contributed by atoms with Crippen LogP contribution < -0.4 is 0 Å². The summed E-state index contributed by atoms with van der Waals surface area (Å²) in [7, 11) is 0. The molecule has 0 amide bonds. The van der Waals surface area contributed by atoms with Gasteiger partial charge < -0.3 is 0 Å². The van der Waals surface area contributed by atoms with E-state index in [1.165, 1.54) is 6.07 Å². The Morgan fingerprint density at radius 1 is 1.43 bits per heavy atom. The third kappa shape index (κ3) is 1.55. The summed E-state index contributed by atoms with van der Waals surface area (Å²) in [6.07, 6.45) is 1.62. The van der Waals surface area contributed by atoms with Gasteiger partial charge in [0.2, 0.25) is 0 Å². The van der Waals surface area contributed by atoms with E-state index in [-0.39, 0.29) is 5.82 Å². The number of aromatic nitrogens is 3. The quantitative estimate of drug-likeness (QED) is 0.784. The van der Waals surface area contributed by atoms with Crippen molar-refractivity contribution in [3.8, 4) is 5.69 Å². The van der Waals surface area contributed by atoms with Crippen LogP contribution in [0, 0.1) is 12.7 Å². The molecule has 5 heteroatoms. The van der Waals surface area contributed by atoms with Crippen LogP contribution in [-0.4, -0.2) is 15.0 Å². The maximum absolute atomic E-state index is 13.2. The van der Waals surface area contributed by atoms with E-state index in [0.29, 0.717) is 10.2 Å². The molecule has 2 rings (SSSR count). The molecule has 0 aliphatic rings. The Morgan fingerprint density at radius 3 is 2.79 bits per heavy atom. The number of aryl methyl sites for hydroxylation is 1. The lowest BCUT2D eigenvalue weighted by Crippen LogP contribution is -1.99. The van der Waals surface area contributed by atoms with E-state index >= 15 is 0 Å². The average Bonchev–Trinajstić information content (AvgIpc) is 2.57. The van der Waals surface area contributed by atoms with E-state index in [2.05, 4.69) is 26.2 Å². The molecule has 0 fully saturated rings. The predicted molar refractivity (Wildman–Crippen MR) is 53.8 cm³/mol. The number of rotatable bonds is 1. The zero-order chi connectivity index (χ0) is 10.1. The van der Waals surface area contributed by atoms with Gasteiger partial charge in [-0.1, -0.05) is 5.21 Å². The summed E-state index contributed by atoms with van der Waals surface area (Å²) in [6.45, 7) is 1.86. The predicted octanol–water partition coefficient (Wildman–Crippen LogP) is 2.48. The van der Waals surface area contributed by atoms with Crippen LogP contribution in [0.4, 0.5) is 4.39 Å². The zero-order valence-electron chi connectivity index (χ0n) is 7.41. The van der Waals surface area contributed by atoms with Crippen molar-refractivity contribution in [2.24, 2.45) is 0 Å². The number of nitrogens with zero attached hydrogens (tertiary/aromatic N) is 3. The molecule has 0 atom stereocenters.